The Balaban J connectivity index is 2.29. The number of hydrogen-bond acceptors (Lipinski definition) is 1. The Labute approximate surface area is 75.0 Å². The van der Waals surface area contributed by atoms with Gasteiger partial charge in [-0.05, 0) is 31.4 Å². The average molecular weight is 212 g/mol. The van der Waals surface area contributed by atoms with Crippen LogP contribution in [0.2, 0.25) is 0 Å². The summed E-state index contributed by atoms with van der Waals surface area (Å²) in [5, 5.41) is 0. The van der Waals surface area contributed by atoms with Crippen molar-refractivity contribution in [2.45, 2.75) is 23.6 Å². The molecule has 0 aliphatic heterocycles. The summed E-state index contributed by atoms with van der Waals surface area (Å²) in [6.45, 7) is 0. The Morgan fingerprint density at radius 2 is 2.18 bits per heavy atom. The molecule has 2 rings (SSSR count). The predicted octanol–water partition coefficient (Wildman–Crippen LogP) is 2.86. The molecule has 0 spiro atoms. The van der Waals surface area contributed by atoms with Gasteiger partial charge in [0.2, 0.25) is 0 Å². The van der Waals surface area contributed by atoms with E-state index in [-0.39, 0.29) is 4.32 Å². The van der Waals surface area contributed by atoms with E-state index in [0.29, 0.717) is 0 Å². The molecule has 1 nitrogen and oxygen atoms in total. The minimum atomic E-state index is 0.217. The number of pyridine rings is 1. The molecule has 0 atom stereocenters. The number of hydrogen-bond donors (Lipinski definition) is 0. The van der Waals surface area contributed by atoms with Gasteiger partial charge in [-0.1, -0.05) is 22.0 Å². The van der Waals surface area contributed by atoms with Crippen LogP contribution in [0.25, 0.3) is 0 Å². The van der Waals surface area contributed by atoms with Crippen molar-refractivity contribution in [1.29, 1.82) is 0 Å². The van der Waals surface area contributed by atoms with Crippen LogP contribution >= 0.6 is 15.9 Å². The summed E-state index contributed by atoms with van der Waals surface area (Å²) in [6, 6.07) is 6.09. The summed E-state index contributed by atoms with van der Waals surface area (Å²) < 4.78 is 0.217. The SMILES string of the molecule is BrC1(c2ccccn2)CCC1. The molecular weight excluding hydrogens is 202 g/mol. The lowest BCUT2D eigenvalue weighted by Crippen LogP contribution is -2.27. The minimum Gasteiger partial charge on any atom is -0.260 e. The number of rotatable bonds is 1. The molecule has 0 unspecified atom stereocenters. The smallest absolute Gasteiger partial charge is 0.0677 e. The van der Waals surface area contributed by atoms with E-state index in [1.165, 1.54) is 25.0 Å². The van der Waals surface area contributed by atoms with Crippen molar-refractivity contribution in [2.24, 2.45) is 0 Å². The molecule has 0 bridgehead atoms. The zero-order valence-corrected chi connectivity index (χ0v) is 7.84. The standard InChI is InChI=1S/C9H10BrN/c10-9(5-3-6-9)8-4-1-2-7-11-8/h1-2,4,7H,3,5-6H2. The van der Waals surface area contributed by atoms with Gasteiger partial charge in [-0.15, -0.1) is 0 Å². The maximum absolute atomic E-state index is 4.33. The van der Waals surface area contributed by atoms with Gasteiger partial charge in [0.1, 0.15) is 0 Å². The highest BCUT2D eigenvalue weighted by Crippen LogP contribution is 2.47. The van der Waals surface area contributed by atoms with Crippen LogP contribution in [0.5, 0.6) is 0 Å². The Bertz CT molecular complexity index is 241. The molecule has 1 aliphatic rings. The van der Waals surface area contributed by atoms with E-state index in [4.69, 9.17) is 0 Å². The molecule has 11 heavy (non-hydrogen) atoms. The quantitative estimate of drug-likeness (QED) is 0.652. The molecule has 58 valence electrons. The third-order valence-corrected chi connectivity index (χ3v) is 3.47. The number of nitrogens with zero attached hydrogens (tertiary/aromatic N) is 1. The second-order valence-corrected chi connectivity index (χ2v) is 4.55. The van der Waals surface area contributed by atoms with Gasteiger partial charge >= 0.3 is 0 Å². The zero-order valence-electron chi connectivity index (χ0n) is 6.26. The first-order valence-corrected chi connectivity index (χ1v) is 4.71. The third kappa shape index (κ3) is 1.20. The maximum Gasteiger partial charge on any atom is 0.0677 e. The predicted molar refractivity (Wildman–Crippen MR) is 48.7 cm³/mol. The van der Waals surface area contributed by atoms with Gasteiger partial charge in [0.25, 0.3) is 0 Å². The molecule has 1 aromatic heterocycles. The van der Waals surface area contributed by atoms with Crippen molar-refractivity contribution in [3.8, 4) is 0 Å². The van der Waals surface area contributed by atoms with Crippen LogP contribution in [0, 0.1) is 0 Å². The highest BCUT2D eigenvalue weighted by atomic mass is 79.9. The van der Waals surface area contributed by atoms with Crippen LogP contribution < -0.4 is 0 Å². The van der Waals surface area contributed by atoms with E-state index < -0.39 is 0 Å². The molecule has 1 saturated carbocycles. The van der Waals surface area contributed by atoms with E-state index in [2.05, 4.69) is 27.0 Å². The van der Waals surface area contributed by atoms with E-state index >= 15 is 0 Å². The first-order chi connectivity index (χ1) is 5.31. The van der Waals surface area contributed by atoms with Gasteiger partial charge in [0.05, 0.1) is 10.0 Å². The molecule has 1 fully saturated rings. The highest BCUT2D eigenvalue weighted by Gasteiger charge is 2.36. The first-order valence-electron chi connectivity index (χ1n) is 3.92. The molecule has 0 saturated heterocycles. The van der Waals surface area contributed by atoms with Crippen LogP contribution in [0.4, 0.5) is 0 Å². The highest BCUT2D eigenvalue weighted by molar-refractivity contribution is 9.09. The molecule has 1 heterocycles. The second-order valence-electron chi connectivity index (χ2n) is 3.03. The number of halogens is 1. The summed E-state index contributed by atoms with van der Waals surface area (Å²) in [6.07, 6.45) is 5.63. The van der Waals surface area contributed by atoms with Gasteiger partial charge in [0, 0.05) is 6.20 Å². The monoisotopic (exact) mass is 211 g/mol. The summed E-state index contributed by atoms with van der Waals surface area (Å²) >= 11 is 3.71. The molecule has 2 heteroatoms. The normalized spacial score (nSPS) is 20.8. The molecule has 0 radical (unpaired) electrons. The lowest BCUT2D eigenvalue weighted by atomic mass is 9.82. The van der Waals surface area contributed by atoms with Crippen LogP contribution in [0.1, 0.15) is 25.0 Å². The molecule has 0 aromatic carbocycles. The lowest BCUT2D eigenvalue weighted by Gasteiger charge is -2.35. The van der Waals surface area contributed by atoms with Gasteiger partial charge in [-0.25, -0.2) is 0 Å². The van der Waals surface area contributed by atoms with Crippen molar-refractivity contribution in [3.63, 3.8) is 0 Å². The molecular formula is C9H10BrN. The van der Waals surface area contributed by atoms with E-state index in [1.807, 2.05) is 18.3 Å². The van der Waals surface area contributed by atoms with Gasteiger partial charge in [-0.3, -0.25) is 4.98 Å². The summed E-state index contributed by atoms with van der Waals surface area (Å²) in [7, 11) is 0. The van der Waals surface area contributed by atoms with Gasteiger partial charge in [-0.2, -0.15) is 0 Å². The van der Waals surface area contributed by atoms with Gasteiger partial charge < -0.3 is 0 Å². The van der Waals surface area contributed by atoms with Crippen molar-refractivity contribution >= 4 is 15.9 Å². The first kappa shape index (κ1) is 7.29. The zero-order chi connectivity index (χ0) is 7.73. The van der Waals surface area contributed by atoms with Crippen molar-refractivity contribution in [2.75, 3.05) is 0 Å². The van der Waals surface area contributed by atoms with Crippen LogP contribution in [0.3, 0.4) is 0 Å². The number of alkyl halides is 1. The molecule has 1 aromatic rings. The van der Waals surface area contributed by atoms with Crippen molar-refractivity contribution in [3.05, 3.63) is 30.1 Å². The van der Waals surface area contributed by atoms with Crippen molar-refractivity contribution in [1.82, 2.24) is 4.98 Å². The fraction of sp³-hybridized carbons (Fsp3) is 0.444. The van der Waals surface area contributed by atoms with Gasteiger partial charge in [0.15, 0.2) is 0 Å². The largest absolute Gasteiger partial charge is 0.260 e. The fourth-order valence-corrected chi connectivity index (χ4v) is 2.17. The maximum atomic E-state index is 4.33. The lowest BCUT2D eigenvalue weighted by molar-refractivity contribution is 0.375. The Hall–Kier alpha value is -0.370. The summed E-state index contributed by atoms with van der Waals surface area (Å²) in [4.78, 5) is 4.33. The van der Waals surface area contributed by atoms with Crippen LogP contribution in [0.15, 0.2) is 24.4 Å². The Kier molecular flexibility index (Phi) is 1.72. The Morgan fingerprint density at radius 1 is 1.36 bits per heavy atom. The summed E-state index contributed by atoms with van der Waals surface area (Å²) in [5.74, 6) is 0. The molecule has 1 aliphatic carbocycles. The second kappa shape index (κ2) is 2.59. The Morgan fingerprint density at radius 3 is 2.64 bits per heavy atom. The van der Waals surface area contributed by atoms with E-state index in [0.717, 1.165) is 0 Å². The minimum absolute atomic E-state index is 0.217. The van der Waals surface area contributed by atoms with E-state index in [1.54, 1.807) is 0 Å². The average Bonchev–Trinajstić information content (AvgIpc) is 2.02. The van der Waals surface area contributed by atoms with Crippen molar-refractivity contribution < 1.29 is 0 Å². The fourth-order valence-electron chi connectivity index (χ4n) is 1.37. The molecule has 0 N–H and O–H groups in total. The van der Waals surface area contributed by atoms with E-state index in [9.17, 15) is 0 Å². The van der Waals surface area contributed by atoms with Crippen LogP contribution in [-0.2, 0) is 4.32 Å². The molecule has 0 amide bonds. The third-order valence-electron chi connectivity index (χ3n) is 2.27. The van der Waals surface area contributed by atoms with Crippen LogP contribution in [-0.4, -0.2) is 4.98 Å². The number of aromatic nitrogens is 1. The topological polar surface area (TPSA) is 12.9 Å². The summed E-state index contributed by atoms with van der Waals surface area (Å²) in [5.41, 5.74) is 1.19.